The van der Waals surface area contributed by atoms with E-state index < -0.39 is 17.6 Å². The maximum absolute atomic E-state index is 13.8. The topological polar surface area (TPSA) is 64.0 Å². The Hall–Kier alpha value is -3.89. The van der Waals surface area contributed by atoms with Gasteiger partial charge in [0.2, 0.25) is 5.91 Å². The molecule has 0 aliphatic rings. The molecule has 1 amide bonds. The third-order valence-electron chi connectivity index (χ3n) is 5.52. The normalized spacial score (nSPS) is 11.5. The van der Waals surface area contributed by atoms with E-state index in [1.54, 1.807) is 24.3 Å². The van der Waals surface area contributed by atoms with Crippen LogP contribution in [0.25, 0.3) is 27.0 Å². The third kappa shape index (κ3) is 5.16. The molecule has 5 rings (SSSR count). The molecule has 0 unspecified atom stereocenters. The van der Waals surface area contributed by atoms with Gasteiger partial charge < -0.3 is 5.32 Å². The molecule has 0 spiro atoms. The number of carbonyl (C=O) groups excluding carboxylic acids is 1. The molecule has 37 heavy (non-hydrogen) atoms. The lowest BCUT2D eigenvalue weighted by Gasteiger charge is -2.14. The smallest absolute Gasteiger partial charge is 0.325 e. The lowest BCUT2D eigenvalue weighted by Crippen LogP contribution is -2.23. The first-order valence-electron chi connectivity index (χ1n) is 11.1. The minimum atomic E-state index is -4.60. The number of anilines is 1. The van der Waals surface area contributed by atoms with Crippen LogP contribution in [-0.2, 0) is 11.0 Å². The van der Waals surface area contributed by atoms with Gasteiger partial charge in [-0.15, -0.1) is 11.3 Å². The largest absolute Gasteiger partial charge is 0.418 e. The summed E-state index contributed by atoms with van der Waals surface area (Å²) in [6, 6.07) is 23.2. The predicted molar refractivity (Wildman–Crippen MR) is 141 cm³/mol. The molecule has 0 bridgehead atoms. The zero-order valence-electron chi connectivity index (χ0n) is 19.0. The van der Waals surface area contributed by atoms with Crippen molar-refractivity contribution in [1.82, 2.24) is 9.55 Å². The number of thioether (sulfide) groups is 1. The summed E-state index contributed by atoms with van der Waals surface area (Å²) in [6.45, 7) is 0. The number of halogens is 3. The van der Waals surface area contributed by atoms with E-state index in [0.717, 1.165) is 29.0 Å². The zero-order chi connectivity index (χ0) is 26.0. The van der Waals surface area contributed by atoms with Crippen molar-refractivity contribution < 1.29 is 18.0 Å². The van der Waals surface area contributed by atoms with Crippen molar-refractivity contribution in [2.75, 3.05) is 11.1 Å². The number of amides is 1. The van der Waals surface area contributed by atoms with Crippen LogP contribution in [0, 0.1) is 0 Å². The van der Waals surface area contributed by atoms with Gasteiger partial charge in [0.15, 0.2) is 5.16 Å². The van der Waals surface area contributed by atoms with Crippen LogP contribution in [0.3, 0.4) is 0 Å². The van der Waals surface area contributed by atoms with Crippen molar-refractivity contribution in [3.8, 4) is 16.8 Å². The highest BCUT2D eigenvalue weighted by atomic mass is 32.2. The van der Waals surface area contributed by atoms with E-state index in [2.05, 4.69) is 10.3 Å². The number of carbonyl (C=O) groups is 1. The number of hydrogen-bond donors (Lipinski definition) is 1. The fourth-order valence-electron chi connectivity index (χ4n) is 3.86. The highest BCUT2D eigenvalue weighted by molar-refractivity contribution is 7.99. The van der Waals surface area contributed by atoms with E-state index in [4.69, 9.17) is 0 Å². The van der Waals surface area contributed by atoms with E-state index in [1.807, 2.05) is 41.8 Å². The molecule has 0 saturated heterocycles. The van der Waals surface area contributed by atoms with E-state index in [9.17, 15) is 22.8 Å². The molecule has 10 heteroatoms. The van der Waals surface area contributed by atoms with E-state index in [1.165, 1.54) is 34.1 Å². The number of thiophene rings is 1. The minimum absolute atomic E-state index is 0.242. The third-order valence-corrected chi connectivity index (χ3v) is 7.33. The second-order valence-electron chi connectivity index (χ2n) is 7.95. The molecule has 1 N–H and O–H groups in total. The molecule has 5 aromatic rings. The fraction of sp³-hybridized carbons (Fsp3) is 0.0741. The van der Waals surface area contributed by atoms with Crippen LogP contribution in [0.2, 0.25) is 0 Å². The molecule has 2 heterocycles. The number of nitrogens with zero attached hydrogens (tertiary/aromatic N) is 2. The highest BCUT2D eigenvalue weighted by Crippen LogP contribution is 2.35. The molecular weight excluding hydrogens is 519 g/mol. The van der Waals surface area contributed by atoms with Crippen LogP contribution < -0.4 is 10.9 Å². The fourth-order valence-corrected chi connectivity index (χ4v) is 5.66. The Balaban J connectivity index is 1.51. The number of hydrogen-bond acceptors (Lipinski definition) is 5. The van der Waals surface area contributed by atoms with Crippen molar-refractivity contribution in [3.05, 3.63) is 106 Å². The van der Waals surface area contributed by atoms with Gasteiger partial charge in [0, 0.05) is 10.9 Å². The lowest BCUT2D eigenvalue weighted by molar-refractivity contribution is -0.137. The van der Waals surface area contributed by atoms with Crippen LogP contribution >= 0.6 is 23.1 Å². The molecule has 2 aromatic heterocycles. The molecule has 0 radical (unpaired) electrons. The first kappa shape index (κ1) is 24.8. The second kappa shape index (κ2) is 10.2. The molecule has 3 aromatic carbocycles. The van der Waals surface area contributed by atoms with E-state index >= 15 is 0 Å². The van der Waals surface area contributed by atoms with Gasteiger partial charge in [0.25, 0.3) is 5.56 Å². The van der Waals surface area contributed by atoms with Crippen molar-refractivity contribution in [1.29, 1.82) is 0 Å². The summed E-state index contributed by atoms with van der Waals surface area (Å²) in [5, 5.41) is 4.94. The Kier molecular flexibility index (Phi) is 6.86. The van der Waals surface area contributed by atoms with Crippen LogP contribution in [0.15, 0.2) is 100 Å². The van der Waals surface area contributed by atoms with Crippen LogP contribution in [-0.4, -0.2) is 21.2 Å². The molecule has 0 saturated carbocycles. The van der Waals surface area contributed by atoms with Gasteiger partial charge in [-0.3, -0.25) is 14.2 Å². The average molecular weight is 538 g/mol. The molecule has 5 nitrogen and oxygen atoms in total. The Bertz CT molecular complexity index is 1630. The van der Waals surface area contributed by atoms with Gasteiger partial charge in [0.05, 0.1) is 28.1 Å². The minimum Gasteiger partial charge on any atom is -0.325 e. The molecule has 0 atom stereocenters. The number of aromatic nitrogens is 2. The maximum atomic E-state index is 13.8. The summed E-state index contributed by atoms with van der Waals surface area (Å²) in [6.07, 6.45) is -4.60. The Morgan fingerprint density at radius 3 is 2.30 bits per heavy atom. The second-order valence-corrected chi connectivity index (χ2v) is 9.75. The van der Waals surface area contributed by atoms with Gasteiger partial charge in [0.1, 0.15) is 4.83 Å². The van der Waals surface area contributed by atoms with Crippen molar-refractivity contribution in [3.63, 3.8) is 0 Å². The van der Waals surface area contributed by atoms with Crippen LogP contribution in [0.4, 0.5) is 18.9 Å². The molecule has 0 aliphatic carbocycles. The zero-order valence-corrected chi connectivity index (χ0v) is 20.7. The van der Waals surface area contributed by atoms with E-state index in [-0.39, 0.29) is 22.2 Å². The summed E-state index contributed by atoms with van der Waals surface area (Å²) in [7, 11) is 0. The Labute approximate surface area is 217 Å². The Morgan fingerprint density at radius 1 is 0.946 bits per heavy atom. The SMILES string of the molecule is O=C(CSc1nc2scc(-c3ccccc3)c2c(=O)n1-c1ccccc1)Nc1ccccc1C(F)(F)F. The van der Waals surface area contributed by atoms with E-state index in [0.29, 0.717) is 15.9 Å². The maximum Gasteiger partial charge on any atom is 0.418 e. The molecule has 0 aliphatic heterocycles. The number of rotatable bonds is 6. The summed E-state index contributed by atoms with van der Waals surface area (Å²) < 4.78 is 41.3. The van der Waals surface area contributed by atoms with Crippen molar-refractivity contribution >= 4 is 44.9 Å². The molecular formula is C27H18F3N3O2S2. The quantitative estimate of drug-likeness (QED) is 0.190. The highest BCUT2D eigenvalue weighted by Gasteiger charge is 2.33. The summed E-state index contributed by atoms with van der Waals surface area (Å²) >= 11 is 2.30. The van der Waals surface area contributed by atoms with Crippen LogP contribution in [0.1, 0.15) is 5.56 Å². The van der Waals surface area contributed by atoms with Gasteiger partial charge >= 0.3 is 6.18 Å². The number of para-hydroxylation sites is 2. The number of nitrogens with one attached hydrogen (secondary N) is 1. The molecule has 186 valence electrons. The van der Waals surface area contributed by atoms with Crippen molar-refractivity contribution in [2.45, 2.75) is 11.3 Å². The summed E-state index contributed by atoms with van der Waals surface area (Å²) in [5.74, 6) is -0.889. The van der Waals surface area contributed by atoms with Crippen LogP contribution in [0.5, 0.6) is 0 Å². The number of alkyl halides is 3. The van der Waals surface area contributed by atoms with Crippen molar-refractivity contribution in [2.24, 2.45) is 0 Å². The Morgan fingerprint density at radius 2 is 1.59 bits per heavy atom. The number of fused-ring (bicyclic) bond motifs is 1. The summed E-state index contributed by atoms with van der Waals surface area (Å²) in [4.78, 5) is 31.6. The number of benzene rings is 3. The standard InChI is InChI=1S/C27H18F3N3O2S2/c28-27(29,30)20-13-7-8-14-21(20)31-22(34)16-37-26-32-24-23(19(15-36-24)17-9-3-1-4-10-17)25(35)33(26)18-11-5-2-6-12-18/h1-15H,16H2,(H,31,34). The van der Waals surface area contributed by atoms with Gasteiger partial charge in [-0.2, -0.15) is 13.2 Å². The first-order valence-corrected chi connectivity index (χ1v) is 12.9. The molecule has 0 fully saturated rings. The van der Waals surface area contributed by atoms with Gasteiger partial charge in [-0.05, 0) is 29.8 Å². The average Bonchev–Trinajstić information content (AvgIpc) is 3.33. The monoisotopic (exact) mass is 537 g/mol. The van der Waals surface area contributed by atoms with Gasteiger partial charge in [-0.25, -0.2) is 4.98 Å². The van der Waals surface area contributed by atoms with Gasteiger partial charge in [-0.1, -0.05) is 72.4 Å². The predicted octanol–water partition coefficient (Wildman–Crippen LogP) is 6.86. The summed E-state index contributed by atoms with van der Waals surface area (Å²) in [5.41, 5.74) is 0.673. The lowest BCUT2D eigenvalue weighted by atomic mass is 10.1. The first-order chi connectivity index (χ1) is 17.8.